The second-order valence-corrected chi connectivity index (χ2v) is 7.06. The molecule has 1 N–H and O–H groups in total. The number of nitrogens with one attached hydrogen (secondary N) is 1. The van der Waals surface area contributed by atoms with Crippen molar-refractivity contribution in [3.63, 3.8) is 0 Å². The summed E-state index contributed by atoms with van der Waals surface area (Å²) in [5.41, 5.74) is 0.257. The normalized spacial score (nSPS) is 20.0. The Morgan fingerprint density at radius 1 is 1.39 bits per heavy atom. The second kappa shape index (κ2) is 6.51. The minimum absolute atomic E-state index is 0.0546. The van der Waals surface area contributed by atoms with Crippen molar-refractivity contribution < 1.29 is 18.0 Å². The van der Waals surface area contributed by atoms with Crippen LogP contribution in [0.1, 0.15) is 37.6 Å². The number of halogens is 3. The number of amides is 1. The first kappa shape index (κ1) is 17.8. The van der Waals surface area contributed by atoms with E-state index in [-0.39, 0.29) is 17.4 Å². The summed E-state index contributed by atoms with van der Waals surface area (Å²) >= 11 is 0. The molecule has 1 aromatic rings. The van der Waals surface area contributed by atoms with Crippen LogP contribution < -0.4 is 5.32 Å². The van der Waals surface area contributed by atoms with Gasteiger partial charge in [0.2, 0.25) is 0 Å². The predicted molar refractivity (Wildman–Crippen MR) is 80.2 cm³/mol. The Morgan fingerprint density at radius 3 is 2.65 bits per heavy atom. The van der Waals surface area contributed by atoms with E-state index in [1.165, 1.54) is 11.1 Å². The lowest BCUT2D eigenvalue weighted by Gasteiger charge is -2.18. The highest BCUT2D eigenvalue weighted by molar-refractivity contribution is 5.93. The number of aromatic nitrogens is 2. The summed E-state index contributed by atoms with van der Waals surface area (Å²) < 4.78 is 38.8. The topological polar surface area (TPSA) is 50.2 Å². The maximum absolute atomic E-state index is 12.3. The average Bonchev–Trinajstić information content (AvgIpc) is 3.02. The third-order valence-electron chi connectivity index (χ3n) is 3.86. The second-order valence-electron chi connectivity index (χ2n) is 7.06. The molecular weight excluding hydrogens is 309 g/mol. The Kier molecular flexibility index (Phi) is 5.03. The van der Waals surface area contributed by atoms with Crippen molar-refractivity contribution in [3.8, 4) is 0 Å². The highest BCUT2D eigenvalue weighted by Crippen LogP contribution is 2.22. The maximum Gasteiger partial charge on any atom is 0.401 e. The molecule has 8 heteroatoms. The molecule has 1 amide bonds. The van der Waals surface area contributed by atoms with Crippen LogP contribution >= 0.6 is 0 Å². The molecule has 1 saturated heterocycles. The Hall–Kier alpha value is -1.57. The molecule has 1 aliphatic heterocycles. The lowest BCUT2D eigenvalue weighted by Crippen LogP contribution is -2.34. The number of carbonyl (C=O) groups excluding carboxylic acids is 1. The average molecular weight is 332 g/mol. The summed E-state index contributed by atoms with van der Waals surface area (Å²) in [5, 5.41) is 6.95. The van der Waals surface area contributed by atoms with Gasteiger partial charge in [-0.15, -0.1) is 0 Å². The standard InChI is InChI=1S/C15H23F3N4O/c1-14(2,3)22-9-12(7-20-22)13(23)19-6-11-4-5-21(8-11)10-15(16,17)18/h7,9,11H,4-6,8,10H2,1-3H3,(H,19,23)/t11-/m0/s1. The summed E-state index contributed by atoms with van der Waals surface area (Å²) in [4.78, 5) is 13.5. The lowest BCUT2D eigenvalue weighted by molar-refractivity contribution is -0.143. The SMILES string of the molecule is CC(C)(C)n1cc(C(=O)NC[C@@H]2CCN(CC(F)(F)F)C2)cn1. The van der Waals surface area contributed by atoms with Gasteiger partial charge in [-0.2, -0.15) is 18.3 Å². The van der Waals surface area contributed by atoms with E-state index in [1.54, 1.807) is 10.9 Å². The lowest BCUT2D eigenvalue weighted by atomic mass is 10.1. The number of nitrogens with zero attached hydrogens (tertiary/aromatic N) is 3. The smallest absolute Gasteiger partial charge is 0.352 e. The first-order chi connectivity index (χ1) is 10.5. The van der Waals surface area contributed by atoms with E-state index in [0.717, 1.165) is 0 Å². The summed E-state index contributed by atoms with van der Waals surface area (Å²) in [5.74, 6) is -0.186. The van der Waals surface area contributed by atoms with Gasteiger partial charge in [0.05, 0.1) is 23.8 Å². The molecule has 2 heterocycles. The fourth-order valence-electron chi connectivity index (χ4n) is 2.62. The van der Waals surface area contributed by atoms with Crippen LogP contribution in [-0.4, -0.2) is 52.9 Å². The van der Waals surface area contributed by atoms with Crippen molar-refractivity contribution in [2.75, 3.05) is 26.2 Å². The van der Waals surface area contributed by atoms with E-state index in [2.05, 4.69) is 10.4 Å². The number of carbonyl (C=O) groups is 1. The van der Waals surface area contributed by atoms with E-state index in [0.29, 0.717) is 31.6 Å². The number of likely N-dealkylation sites (tertiary alicyclic amines) is 1. The largest absolute Gasteiger partial charge is 0.401 e. The van der Waals surface area contributed by atoms with E-state index in [4.69, 9.17) is 0 Å². The Labute approximate surface area is 133 Å². The Morgan fingerprint density at radius 2 is 2.09 bits per heavy atom. The monoisotopic (exact) mass is 332 g/mol. The van der Waals surface area contributed by atoms with Crippen molar-refractivity contribution in [1.29, 1.82) is 0 Å². The van der Waals surface area contributed by atoms with Crippen molar-refractivity contribution in [3.05, 3.63) is 18.0 Å². The number of hydrogen-bond acceptors (Lipinski definition) is 3. The van der Waals surface area contributed by atoms with Crippen LogP contribution in [0.3, 0.4) is 0 Å². The fourth-order valence-corrected chi connectivity index (χ4v) is 2.62. The van der Waals surface area contributed by atoms with Crippen LogP contribution in [0.4, 0.5) is 13.2 Å². The van der Waals surface area contributed by atoms with E-state index in [1.807, 2.05) is 20.8 Å². The van der Waals surface area contributed by atoms with Crippen molar-refractivity contribution in [2.24, 2.45) is 5.92 Å². The molecule has 0 aliphatic carbocycles. The van der Waals surface area contributed by atoms with Crippen LogP contribution in [-0.2, 0) is 5.54 Å². The zero-order valence-electron chi connectivity index (χ0n) is 13.7. The van der Waals surface area contributed by atoms with E-state index in [9.17, 15) is 18.0 Å². The molecule has 2 rings (SSSR count). The third kappa shape index (κ3) is 5.23. The van der Waals surface area contributed by atoms with Gasteiger partial charge in [-0.3, -0.25) is 14.4 Å². The molecule has 1 atom stereocenters. The molecule has 5 nitrogen and oxygen atoms in total. The molecule has 0 saturated carbocycles. The van der Waals surface area contributed by atoms with Crippen LogP contribution in [0.25, 0.3) is 0 Å². The van der Waals surface area contributed by atoms with Crippen LogP contribution in [0.5, 0.6) is 0 Å². The van der Waals surface area contributed by atoms with E-state index >= 15 is 0 Å². The summed E-state index contributed by atoms with van der Waals surface area (Å²) in [6.45, 7) is 6.23. The molecule has 130 valence electrons. The van der Waals surface area contributed by atoms with E-state index < -0.39 is 12.7 Å². The van der Waals surface area contributed by atoms with Crippen molar-refractivity contribution >= 4 is 5.91 Å². The summed E-state index contributed by atoms with van der Waals surface area (Å²) in [6, 6.07) is 0. The van der Waals surface area contributed by atoms with Gasteiger partial charge in [-0.1, -0.05) is 0 Å². The number of hydrogen-bond donors (Lipinski definition) is 1. The minimum Gasteiger partial charge on any atom is -0.352 e. The Bertz CT molecular complexity index is 548. The quantitative estimate of drug-likeness (QED) is 0.920. The molecule has 0 spiro atoms. The fraction of sp³-hybridized carbons (Fsp3) is 0.733. The number of rotatable bonds is 4. The molecule has 1 fully saturated rings. The molecule has 0 aromatic carbocycles. The first-order valence-corrected chi connectivity index (χ1v) is 7.67. The zero-order valence-corrected chi connectivity index (χ0v) is 13.7. The molecule has 0 radical (unpaired) electrons. The third-order valence-corrected chi connectivity index (χ3v) is 3.86. The van der Waals surface area contributed by atoms with Gasteiger partial charge >= 0.3 is 6.18 Å². The maximum atomic E-state index is 12.3. The molecule has 0 bridgehead atoms. The zero-order chi connectivity index (χ0) is 17.3. The molecule has 0 unspecified atom stereocenters. The van der Waals surface area contributed by atoms with Gasteiger partial charge in [0, 0.05) is 19.3 Å². The van der Waals surface area contributed by atoms with Crippen molar-refractivity contribution in [2.45, 2.75) is 38.9 Å². The van der Waals surface area contributed by atoms with Crippen LogP contribution in [0, 0.1) is 5.92 Å². The highest BCUT2D eigenvalue weighted by atomic mass is 19.4. The van der Waals surface area contributed by atoms with Crippen LogP contribution in [0.15, 0.2) is 12.4 Å². The summed E-state index contributed by atoms with van der Waals surface area (Å²) in [6.07, 6.45) is -0.317. The van der Waals surface area contributed by atoms with Gasteiger partial charge in [0.25, 0.3) is 5.91 Å². The molecular formula is C15H23F3N4O. The Balaban J connectivity index is 1.80. The van der Waals surface area contributed by atoms with Gasteiger partial charge in [0.1, 0.15) is 0 Å². The van der Waals surface area contributed by atoms with Crippen LogP contribution in [0.2, 0.25) is 0 Å². The molecule has 1 aliphatic rings. The minimum atomic E-state index is -4.17. The van der Waals surface area contributed by atoms with Crippen molar-refractivity contribution in [1.82, 2.24) is 20.0 Å². The number of alkyl halides is 3. The summed E-state index contributed by atoms with van der Waals surface area (Å²) in [7, 11) is 0. The van der Waals surface area contributed by atoms with Gasteiger partial charge in [0.15, 0.2) is 0 Å². The van der Waals surface area contributed by atoms with Gasteiger partial charge in [-0.05, 0) is 39.7 Å². The molecule has 23 heavy (non-hydrogen) atoms. The first-order valence-electron chi connectivity index (χ1n) is 7.67. The highest BCUT2D eigenvalue weighted by Gasteiger charge is 2.34. The van der Waals surface area contributed by atoms with Gasteiger partial charge < -0.3 is 5.32 Å². The van der Waals surface area contributed by atoms with Gasteiger partial charge in [-0.25, -0.2) is 0 Å². The predicted octanol–water partition coefficient (Wildman–Crippen LogP) is 2.25. The molecule has 1 aromatic heterocycles.